The third-order valence-electron chi connectivity index (χ3n) is 2.18. The van der Waals surface area contributed by atoms with Crippen molar-refractivity contribution in [2.75, 3.05) is 0 Å². The summed E-state index contributed by atoms with van der Waals surface area (Å²) in [4.78, 5) is 0. The van der Waals surface area contributed by atoms with Gasteiger partial charge in [-0.05, 0) is 69.4 Å². The lowest BCUT2D eigenvalue weighted by molar-refractivity contribution is 1.50. The molecule has 2 aromatic rings. The number of hydrogen-bond donors (Lipinski definition) is 0. The van der Waals surface area contributed by atoms with Crippen molar-refractivity contribution in [3.05, 3.63) is 52.5 Å². The molecule has 0 saturated carbocycles. The molecule has 0 bridgehead atoms. The van der Waals surface area contributed by atoms with Gasteiger partial charge in [-0.1, -0.05) is 44.0 Å². The first-order valence-electron chi connectivity index (χ1n) is 4.49. The fourth-order valence-corrected chi connectivity index (χ4v) is 4.88. The largest absolute Gasteiger partial charge is 0.0600 e. The molecule has 0 heterocycles. The van der Waals surface area contributed by atoms with Crippen molar-refractivity contribution >= 4 is 77.0 Å². The molecule has 0 radical (unpaired) electrons. The highest BCUT2D eigenvalue weighted by molar-refractivity contribution is 14.1. The molecule has 0 atom stereocenters. The molecule has 0 saturated heterocycles. The fourth-order valence-electron chi connectivity index (χ4n) is 1.47. The van der Waals surface area contributed by atoms with Crippen LogP contribution in [-0.4, -0.2) is 0 Å². The average Bonchev–Trinajstić information content (AvgIpc) is 2.21. The smallest absolute Gasteiger partial charge is 0.0265 e. The first-order valence-corrected chi connectivity index (χ1v) is 8.24. The van der Waals surface area contributed by atoms with E-state index in [1.54, 1.807) is 0 Å². The number of benzene rings is 2. The second-order valence-electron chi connectivity index (χ2n) is 3.19. The second kappa shape index (κ2) is 5.67. The van der Waals surface area contributed by atoms with Gasteiger partial charge in [0.25, 0.3) is 0 Å². The molecule has 0 fully saturated rings. The van der Waals surface area contributed by atoms with Crippen molar-refractivity contribution < 1.29 is 0 Å². The molecule has 0 aliphatic heterocycles. The zero-order chi connectivity index (χ0) is 11.7. The van der Waals surface area contributed by atoms with Gasteiger partial charge in [0.05, 0.1) is 0 Å². The summed E-state index contributed by atoms with van der Waals surface area (Å²) in [5.41, 5.74) is 2.50. The van der Waals surface area contributed by atoms with Crippen molar-refractivity contribution in [1.82, 2.24) is 0 Å². The van der Waals surface area contributed by atoms with E-state index in [2.05, 4.69) is 113 Å². The van der Waals surface area contributed by atoms with Crippen molar-refractivity contribution in [3.63, 3.8) is 0 Å². The van der Waals surface area contributed by atoms with Gasteiger partial charge in [0, 0.05) is 27.2 Å². The molecule has 16 heavy (non-hydrogen) atoms. The summed E-state index contributed by atoms with van der Waals surface area (Å²) >= 11 is 12.0. The van der Waals surface area contributed by atoms with Gasteiger partial charge < -0.3 is 0 Å². The topological polar surface area (TPSA) is 0 Å². The minimum absolute atomic E-state index is 1.13. The predicted molar refractivity (Wildman–Crippen MR) is 92.7 cm³/mol. The Balaban J connectivity index is 2.77. The van der Waals surface area contributed by atoms with Crippen LogP contribution in [0.3, 0.4) is 0 Å². The van der Waals surface area contributed by atoms with Gasteiger partial charge in [-0.2, -0.15) is 0 Å². The van der Waals surface area contributed by atoms with Crippen LogP contribution in [0.2, 0.25) is 0 Å². The maximum atomic E-state index is 3.62. The summed E-state index contributed by atoms with van der Waals surface area (Å²) in [5, 5.41) is 0. The maximum Gasteiger partial charge on any atom is 0.0265 e. The van der Waals surface area contributed by atoms with Crippen LogP contribution in [0.25, 0.3) is 11.1 Å². The summed E-state index contributed by atoms with van der Waals surface area (Å²) in [5.74, 6) is 0. The average molecular weight is 564 g/mol. The summed E-state index contributed by atoms with van der Waals surface area (Å²) in [6.07, 6.45) is 0. The molecule has 0 aliphatic carbocycles. The monoisotopic (exact) mass is 562 g/mol. The summed E-state index contributed by atoms with van der Waals surface area (Å²) in [6.45, 7) is 0. The van der Waals surface area contributed by atoms with Gasteiger partial charge in [-0.15, -0.1) is 0 Å². The molecule has 0 unspecified atom stereocenters. The van der Waals surface area contributed by atoms with E-state index in [9.17, 15) is 0 Å². The van der Waals surface area contributed by atoms with E-state index in [-0.39, 0.29) is 0 Å². The molecule has 4 heteroatoms. The highest BCUT2D eigenvalue weighted by atomic mass is 127. The number of hydrogen-bond acceptors (Lipinski definition) is 0. The van der Waals surface area contributed by atoms with E-state index in [0.29, 0.717) is 0 Å². The van der Waals surface area contributed by atoms with Crippen molar-refractivity contribution in [2.45, 2.75) is 0 Å². The molecule has 82 valence electrons. The van der Waals surface area contributed by atoms with Gasteiger partial charge in [-0.25, -0.2) is 0 Å². The Hall–Kier alpha value is 0.860. The quantitative estimate of drug-likeness (QED) is 0.369. The van der Waals surface area contributed by atoms with E-state index in [0.717, 1.165) is 8.95 Å². The van der Waals surface area contributed by atoms with Crippen LogP contribution in [-0.2, 0) is 0 Å². The Labute approximate surface area is 139 Å². The Kier molecular flexibility index (Phi) is 4.71. The first-order chi connectivity index (χ1) is 7.61. The normalized spacial score (nSPS) is 10.5. The van der Waals surface area contributed by atoms with Crippen LogP contribution in [0, 0.1) is 7.14 Å². The second-order valence-corrected chi connectivity index (χ2v) is 7.23. The van der Waals surface area contributed by atoms with Crippen LogP contribution in [0.15, 0.2) is 45.3 Å². The Morgan fingerprint density at radius 3 is 1.38 bits per heavy atom. The van der Waals surface area contributed by atoms with Crippen LogP contribution in [0.5, 0.6) is 0 Å². The lowest BCUT2D eigenvalue weighted by Crippen LogP contribution is -1.89. The van der Waals surface area contributed by atoms with Crippen molar-refractivity contribution in [1.29, 1.82) is 0 Å². The predicted octanol–water partition coefficient (Wildman–Crippen LogP) is 6.09. The standard InChI is InChI=1S/C12H6Br2I2/c13-7-3-1-5-9(15)11(7)12-8(14)4-2-6-10(12)16/h1-6H. The molecule has 0 N–H and O–H groups in total. The van der Waals surface area contributed by atoms with Crippen LogP contribution >= 0.6 is 77.0 Å². The zero-order valence-corrected chi connectivity index (χ0v) is 15.5. The third kappa shape index (κ3) is 2.64. The summed E-state index contributed by atoms with van der Waals surface area (Å²) < 4.78 is 4.75. The number of rotatable bonds is 1. The van der Waals surface area contributed by atoms with Gasteiger partial charge in [0.15, 0.2) is 0 Å². The van der Waals surface area contributed by atoms with Crippen LogP contribution in [0.1, 0.15) is 0 Å². The highest BCUT2D eigenvalue weighted by Gasteiger charge is 2.13. The van der Waals surface area contributed by atoms with Crippen molar-refractivity contribution in [3.8, 4) is 11.1 Å². The minimum Gasteiger partial charge on any atom is -0.0600 e. The molecule has 0 nitrogen and oxygen atoms in total. The van der Waals surface area contributed by atoms with Gasteiger partial charge in [0.1, 0.15) is 0 Å². The van der Waals surface area contributed by atoms with E-state index in [1.807, 2.05) is 0 Å². The van der Waals surface area contributed by atoms with Gasteiger partial charge >= 0.3 is 0 Å². The van der Waals surface area contributed by atoms with Crippen molar-refractivity contribution in [2.24, 2.45) is 0 Å². The van der Waals surface area contributed by atoms with E-state index in [4.69, 9.17) is 0 Å². The van der Waals surface area contributed by atoms with E-state index < -0.39 is 0 Å². The molecular formula is C12H6Br2I2. The highest BCUT2D eigenvalue weighted by Crippen LogP contribution is 2.39. The fraction of sp³-hybridized carbons (Fsp3) is 0. The summed E-state index contributed by atoms with van der Waals surface area (Å²) in [7, 11) is 0. The van der Waals surface area contributed by atoms with Gasteiger partial charge in [-0.3, -0.25) is 0 Å². The maximum absolute atomic E-state index is 3.62. The minimum atomic E-state index is 1.13. The lowest BCUT2D eigenvalue weighted by atomic mass is 10.1. The molecule has 0 amide bonds. The number of halogens is 4. The Morgan fingerprint density at radius 1 is 0.688 bits per heavy atom. The zero-order valence-electron chi connectivity index (χ0n) is 7.98. The molecule has 0 spiro atoms. The van der Waals surface area contributed by atoms with Gasteiger partial charge in [0.2, 0.25) is 0 Å². The Morgan fingerprint density at radius 2 is 1.06 bits per heavy atom. The Bertz CT molecular complexity index is 449. The molecule has 2 aromatic carbocycles. The molecular weight excluding hydrogens is 558 g/mol. The molecule has 0 aromatic heterocycles. The lowest BCUT2D eigenvalue weighted by Gasteiger charge is -2.11. The molecule has 0 aliphatic rings. The van der Waals surface area contributed by atoms with E-state index >= 15 is 0 Å². The van der Waals surface area contributed by atoms with Crippen LogP contribution in [0.4, 0.5) is 0 Å². The molecule has 2 rings (SSSR count). The first kappa shape index (κ1) is 13.3. The third-order valence-corrected chi connectivity index (χ3v) is 5.30. The SMILES string of the molecule is Brc1cccc(I)c1-c1c(Br)cccc1I. The van der Waals surface area contributed by atoms with Crippen LogP contribution < -0.4 is 0 Å². The van der Waals surface area contributed by atoms with E-state index in [1.165, 1.54) is 18.3 Å². The summed E-state index contributed by atoms with van der Waals surface area (Å²) in [6, 6.07) is 12.5.